The lowest BCUT2D eigenvalue weighted by Crippen LogP contribution is -2.27. The summed E-state index contributed by atoms with van der Waals surface area (Å²) >= 11 is 0. The summed E-state index contributed by atoms with van der Waals surface area (Å²) in [5.41, 5.74) is 0.800. The van der Waals surface area contributed by atoms with Crippen LogP contribution in [0.2, 0.25) is 0 Å². The molecular weight excluding hydrogens is 246 g/mol. The first-order valence-corrected chi connectivity index (χ1v) is 6.43. The second kappa shape index (κ2) is 6.16. The molecule has 106 valence electrons. The van der Waals surface area contributed by atoms with E-state index in [-0.39, 0.29) is 12.1 Å². The minimum absolute atomic E-state index is 0.0679. The molecule has 1 aromatic rings. The van der Waals surface area contributed by atoms with Crippen LogP contribution < -0.4 is 14.8 Å². The van der Waals surface area contributed by atoms with E-state index in [9.17, 15) is 0 Å². The van der Waals surface area contributed by atoms with E-state index >= 15 is 0 Å². The van der Waals surface area contributed by atoms with E-state index in [0.717, 1.165) is 18.7 Å². The predicted molar refractivity (Wildman–Crippen MR) is 70.5 cm³/mol. The van der Waals surface area contributed by atoms with Gasteiger partial charge in [-0.15, -0.1) is 0 Å². The maximum absolute atomic E-state index is 5.63. The number of hydrogen-bond donors (Lipinski definition) is 1. The van der Waals surface area contributed by atoms with Crippen LogP contribution in [0.4, 0.5) is 0 Å². The fraction of sp³-hybridized carbons (Fsp3) is 0.692. The molecule has 1 aromatic heterocycles. The van der Waals surface area contributed by atoms with Crippen LogP contribution in [-0.4, -0.2) is 43.9 Å². The van der Waals surface area contributed by atoms with Crippen molar-refractivity contribution in [2.75, 3.05) is 27.9 Å². The van der Waals surface area contributed by atoms with Crippen molar-refractivity contribution in [3.63, 3.8) is 0 Å². The Morgan fingerprint density at radius 2 is 2.21 bits per heavy atom. The lowest BCUT2D eigenvalue weighted by atomic mass is 9.94. The van der Waals surface area contributed by atoms with Crippen molar-refractivity contribution >= 4 is 0 Å². The van der Waals surface area contributed by atoms with Crippen LogP contribution in [0.25, 0.3) is 0 Å². The highest BCUT2D eigenvalue weighted by molar-refractivity contribution is 5.26. The van der Waals surface area contributed by atoms with Gasteiger partial charge in [0.15, 0.2) is 0 Å². The van der Waals surface area contributed by atoms with Gasteiger partial charge >= 0.3 is 0 Å². The van der Waals surface area contributed by atoms with Gasteiger partial charge in [0.2, 0.25) is 11.8 Å². The van der Waals surface area contributed by atoms with E-state index in [4.69, 9.17) is 14.2 Å². The van der Waals surface area contributed by atoms with E-state index in [1.54, 1.807) is 20.4 Å². The lowest BCUT2D eigenvalue weighted by Gasteiger charge is -2.22. The molecule has 3 atom stereocenters. The minimum atomic E-state index is 0.0679. The Kier molecular flexibility index (Phi) is 4.55. The van der Waals surface area contributed by atoms with Gasteiger partial charge in [-0.2, -0.15) is 4.98 Å². The van der Waals surface area contributed by atoms with Gasteiger partial charge in [-0.25, -0.2) is 4.98 Å². The second-order valence-corrected chi connectivity index (χ2v) is 4.71. The first kappa shape index (κ1) is 14.0. The summed E-state index contributed by atoms with van der Waals surface area (Å²) < 4.78 is 16.0. The molecule has 0 amide bonds. The topological polar surface area (TPSA) is 65.5 Å². The normalized spacial score (nSPS) is 24.2. The van der Waals surface area contributed by atoms with Crippen LogP contribution in [0, 0.1) is 5.92 Å². The lowest BCUT2D eigenvalue weighted by molar-refractivity contribution is 0.117. The summed E-state index contributed by atoms with van der Waals surface area (Å²) in [6, 6.07) is 0.0679. The van der Waals surface area contributed by atoms with Crippen molar-refractivity contribution in [1.82, 2.24) is 15.3 Å². The van der Waals surface area contributed by atoms with Crippen LogP contribution >= 0.6 is 0 Å². The maximum Gasteiger partial charge on any atom is 0.240 e. The first-order valence-electron chi connectivity index (χ1n) is 6.43. The molecule has 1 N–H and O–H groups in total. The Labute approximate surface area is 113 Å². The number of rotatable bonds is 5. The highest BCUT2D eigenvalue weighted by Gasteiger charge is 2.32. The van der Waals surface area contributed by atoms with E-state index in [0.29, 0.717) is 17.7 Å². The summed E-state index contributed by atoms with van der Waals surface area (Å²) in [7, 11) is 5.07. The monoisotopic (exact) mass is 267 g/mol. The zero-order valence-corrected chi connectivity index (χ0v) is 11.8. The van der Waals surface area contributed by atoms with Gasteiger partial charge in [0.25, 0.3) is 0 Å². The van der Waals surface area contributed by atoms with Crippen molar-refractivity contribution in [1.29, 1.82) is 0 Å². The summed E-state index contributed by atoms with van der Waals surface area (Å²) in [5.74, 6) is 1.32. The number of nitrogens with one attached hydrogen (secondary N) is 1. The van der Waals surface area contributed by atoms with E-state index < -0.39 is 0 Å². The quantitative estimate of drug-likeness (QED) is 0.864. The molecule has 2 heterocycles. The summed E-state index contributed by atoms with van der Waals surface area (Å²) in [6.07, 6.45) is 2.90. The largest absolute Gasteiger partial charge is 0.480 e. The molecule has 0 bridgehead atoms. The maximum atomic E-state index is 5.63. The van der Waals surface area contributed by atoms with Gasteiger partial charge in [0.05, 0.1) is 39.2 Å². The molecule has 1 saturated heterocycles. The SMILES string of the molecule is CNC(c1ncc(OC)nc1OC)C1COC(C)C1. The van der Waals surface area contributed by atoms with Crippen LogP contribution in [0.1, 0.15) is 25.1 Å². The van der Waals surface area contributed by atoms with Crippen molar-refractivity contribution in [2.24, 2.45) is 5.92 Å². The van der Waals surface area contributed by atoms with E-state index in [1.165, 1.54) is 0 Å². The van der Waals surface area contributed by atoms with Crippen molar-refractivity contribution in [2.45, 2.75) is 25.5 Å². The fourth-order valence-electron chi connectivity index (χ4n) is 2.51. The molecule has 0 saturated carbocycles. The van der Waals surface area contributed by atoms with Gasteiger partial charge in [0, 0.05) is 5.92 Å². The van der Waals surface area contributed by atoms with Gasteiger partial charge in [-0.1, -0.05) is 0 Å². The molecule has 2 rings (SSSR count). The second-order valence-electron chi connectivity index (χ2n) is 4.71. The number of methoxy groups -OCH3 is 2. The predicted octanol–water partition coefficient (Wildman–Crippen LogP) is 1.18. The third-order valence-corrected chi connectivity index (χ3v) is 3.45. The summed E-state index contributed by atoms with van der Waals surface area (Å²) in [4.78, 5) is 8.71. The summed E-state index contributed by atoms with van der Waals surface area (Å²) in [6.45, 7) is 2.81. The molecule has 1 fully saturated rings. The van der Waals surface area contributed by atoms with Crippen molar-refractivity contribution in [3.05, 3.63) is 11.9 Å². The molecule has 0 radical (unpaired) electrons. The third-order valence-electron chi connectivity index (χ3n) is 3.45. The van der Waals surface area contributed by atoms with Crippen molar-refractivity contribution < 1.29 is 14.2 Å². The van der Waals surface area contributed by atoms with Gasteiger partial charge in [-0.3, -0.25) is 0 Å². The molecule has 1 aliphatic heterocycles. The Hall–Kier alpha value is -1.40. The molecule has 1 aliphatic rings. The van der Waals surface area contributed by atoms with E-state index in [2.05, 4.69) is 22.2 Å². The first-order chi connectivity index (χ1) is 9.19. The van der Waals surface area contributed by atoms with Crippen LogP contribution in [0.15, 0.2) is 6.20 Å². The molecule has 0 aromatic carbocycles. The highest BCUT2D eigenvalue weighted by atomic mass is 16.5. The van der Waals surface area contributed by atoms with Gasteiger partial charge < -0.3 is 19.5 Å². The zero-order chi connectivity index (χ0) is 13.8. The molecule has 6 nitrogen and oxygen atoms in total. The number of nitrogens with zero attached hydrogens (tertiary/aromatic N) is 2. The average Bonchev–Trinajstić information content (AvgIpc) is 2.86. The van der Waals surface area contributed by atoms with Crippen molar-refractivity contribution in [3.8, 4) is 11.8 Å². The smallest absolute Gasteiger partial charge is 0.240 e. The zero-order valence-electron chi connectivity index (χ0n) is 11.8. The number of ether oxygens (including phenoxy) is 3. The average molecular weight is 267 g/mol. The fourth-order valence-corrected chi connectivity index (χ4v) is 2.51. The molecule has 19 heavy (non-hydrogen) atoms. The molecule has 6 heteroatoms. The molecule has 3 unspecified atom stereocenters. The summed E-state index contributed by atoms with van der Waals surface area (Å²) in [5, 5.41) is 3.29. The van der Waals surface area contributed by atoms with Crippen LogP contribution in [-0.2, 0) is 4.74 Å². The van der Waals surface area contributed by atoms with Crippen LogP contribution in [0.3, 0.4) is 0 Å². The van der Waals surface area contributed by atoms with Gasteiger partial charge in [0.1, 0.15) is 5.69 Å². The molecule has 0 spiro atoms. The number of aromatic nitrogens is 2. The Balaban J connectivity index is 2.27. The third kappa shape index (κ3) is 2.96. The van der Waals surface area contributed by atoms with E-state index in [1.807, 2.05) is 7.05 Å². The van der Waals surface area contributed by atoms with Gasteiger partial charge in [-0.05, 0) is 20.4 Å². The Morgan fingerprint density at radius 1 is 1.42 bits per heavy atom. The highest BCUT2D eigenvalue weighted by Crippen LogP contribution is 2.34. The molecule has 0 aliphatic carbocycles. The standard InChI is InChI=1S/C13H21N3O3/c1-8-5-9(7-19-8)11(14-2)12-13(18-4)16-10(17-3)6-15-12/h6,8-9,11,14H,5,7H2,1-4H3. The number of hydrogen-bond acceptors (Lipinski definition) is 6. The molecular formula is C13H21N3O3. The minimum Gasteiger partial charge on any atom is -0.480 e. The Morgan fingerprint density at radius 3 is 2.74 bits per heavy atom. The van der Waals surface area contributed by atoms with Crippen LogP contribution in [0.5, 0.6) is 11.8 Å². The Bertz CT molecular complexity index is 428.